The average molecular weight is 461 g/mol. The van der Waals surface area contributed by atoms with Gasteiger partial charge in [-0.1, -0.05) is 11.6 Å². The summed E-state index contributed by atoms with van der Waals surface area (Å²) in [6.07, 6.45) is 4.24. The minimum Gasteiger partial charge on any atom is -0.444 e. The van der Waals surface area contributed by atoms with Crippen LogP contribution in [0.25, 0.3) is 5.69 Å². The van der Waals surface area contributed by atoms with Crippen LogP contribution in [0.2, 0.25) is 5.02 Å². The second kappa shape index (κ2) is 9.02. The molecule has 32 heavy (non-hydrogen) atoms. The Morgan fingerprint density at radius 1 is 1.12 bits per heavy atom. The highest BCUT2D eigenvalue weighted by atomic mass is 35.5. The first kappa shape index (κ1) is 23.1. The van der Waals surface area contributed by atoms with Crippen LogP contribution in [0.4, 0.5) is 4.79 Å². The number of amides is 1. The molecule has 1 aliphatic carbocycles. The fourth-order valence-corrected chi connectivity index (χ4v) is 4.78. The Hall–Kier alpha value is -2.12. The van der Waals surface area contributed by atoms with Crippen LogP contribution >= 0.6 is 11.6 Å². The number of hydrogen-bond donors (Lipinski definition) is 0. The summed E-state index contributed by atoms with van der Waals surface area (Å²) >= 11 is 6.32. The van der Waals surface area contributed by atoms with Gasteiger partial charge in [0.05, 0.1) is 31.0 Å². The molecular formula is C24H33ClN4O3. The summed E-state index contributed by atoms with van der Waals surface area (Å²) in [6.45, 7) is 10.5. The molecule has 2 heterocycles. The van der Waals surface area contributed by atoms with Crippen molar-refractivity contribution in [2.75, 3.05) is 0 Å². The van der Waals surface area contributed by atoms with Crippen molar-refractivity contribution in [1.29, 1.82) is 0 Å². The van der Waals surface area contributed by atoms with Gasteiger partial charge in [-0.15, -0.1) is 10.2 Å². The summed E-state index contributed by atoms with van der Waals surface area (Å²) in [7, 11) is 0. The quantitative estimate of drug-likeness (QED) is 0.594. The first-order valence-corrected chi connectivity index (χ1v) is 11.8. The minimum atomic E-state index is -0.573. The molecule has 1 saturated carbocycles. The van der Waals surface area contributed by atoms with Crippen molar-refractivity contribution >= 4 is 17.7 Å². The molecule has 0 spiro atoms. The summed E-state index contributed by atoms with van der Waals surface area (Å²) in [5.41, 5.74) is 1.37. The van der Waals surface area contributed by atoms with Crippen molar-refractivity contribution < 1.29 is 14.3 Å². The van der Waals surface area contributed by atoms with Crippen molar-refractivity contribution in [2.45, 2.75) is 97.1 Å². The van der Waals surface area contributed by atoms with Gasteiger partial charge in [-0.25, -0.2) is 4.79 Å². The maximum atomic E-state index is 12.9. The average Bonchev–Trinajstić information content (AvgIpc) is 3.02. The first-order valence-electron chi connectivity index (χ1n) is 11.5. The SMILES string of the molecule is CC(C)OC1CCC(c2nnc3n2-c2ccc(Cl)cc2CN(C(=O)OC(C)(C)C)C3)CC1. The van der Waals surface area contributed by atoms with Crippen LogP contribution in [0.5, 0.6) is 0 Å². The number of nitrogens with zero attached hydrogens (tertiary/aromatic N) is 4. The lowest BCUT2D eigenvalue weighted by molar-refractivity contribution is -0.0151. The molecule has 1 fully saturated rings. The van der Waals surface area contributed by atoms with Gasteiger partial charge in [0, 0.05) is 10.9 Å². The number of carbonyl (C=O) groups is 1. The Labute approximate surface area is 195 Å². The van der Waals surface area contributed by atoms with Crippen LogP contribution in [-0.2, 0) is 22.6 Å². The van der Waals surface area contributed by atoms with E-state index in [1.807, 2.05) is 39.0 Å². The van der Waals surface area contributed by atoms with Gasteiger partial charge in [0.2, 0.25) is 0 Å². The normalized spacial score (nSPS) is 21.2. The van der Waals surface area contributed by atoms with Crippen molar-refractivity contribution in [3.63, 3.8) is 0 Å². The van der Waals surface area contributed by atoms with E-state index >= 15 is 0 Å². The van der Waals surface area contributed by atoms with Gasteiger partial charge in [-0.2, -0.15) is 0 Å². The number of halogens is 1. The number of benzene rings is 1. The third kappa shape index (κ3) is 5.09. The Bertz CT molecular complexity index is 974. The molecule has 1 aromatic heterocycles. The van der Waals surface area contributed by atoms with E-state index in [1.54, 1.807) is 4.90 Å². The molecule has 0 N–H and O–H groups in total. The Kier molecular flexibility index (Phi) is 6.50. The maximum Gasteiger partial charge on any atom is 0.411 e. The van der Waals surface area contributed by atoms with Gasteiger partial charge < -0.3 is 9.47 Å². The van der Waals surface area contributed by atoms with Gasteiger partial charge in [-0.3, -0.25) is 9.47 Å². The second-order valence-electron chi connectivity index (χ2n) is 10.1. The van der Waals surface area contributed by atoms with Gasteiger partial charge in [0.15, 0.2) is 5.82 Å². The molecule has 0 bridgehead atoms. The smallest absolute Gasteiger partial charge is 0.411 e. The number of aromatic nitrogens is 3. The highest BCUT2D eigenvalue weighted by Gasteiger charge is 2.33. The zero-order valence-corrected chi connectivity index (χ0v) is 20.4. The third-order valence-corrected chi connectivity index (χ3v) is 6.12. The van der Waals surface area contributed by atoms with Gasteiger partial charge in [-0.05, 0) is 84.1 Å². The zero-order chi connectivity index (χ0) is 23.0. The molecular weight excluding hydrogens is 428 g/mol. The lowest BCUT2D eigenvalue weighted by Crippen LogP contribution is -2.35. The predicted molar refractivity (Wildman–Crippen MR) is 123 cm³/mol. The Balaban J connectivity index is 1.65. The number of rotatable bonds is 3. The van der Waals surface area contributed by atoms with Crippen LogP contribution in [0.15, 0.2) is 18.2 Å². The highest BCUT2D eigenvalue weighted by Crippen LogP contribution is 2.37. The third-order valence-electron chi connectivity index (χ3n) is 5.89. The molecule has 1 amide bonds. The van der Waals surface area contributed by atoms with Gasteiger partial charge in [0.1, 0.15) is 11.4 Å². The number of hydrogen-bond acceptors (Lipinski definition) is 5. The molecule has 2 aliphatic rings. The van der Waals surface area contributed by atoms with E-state index in [4.69, 9.17) is 21.1 Å². The van der Waals surface area contributed by atoms with E-state index in [-0.39, 0.29) is 12.2 Å². The predicted octanol–water partition coefficient (Wildman–Crippen LogP) is 5.62. The van der Waals surface area contributed by atoms with Crippen LogP contribution < -0.4 is 0 Å². The largest absolute Gasteiger partial charge is 0.444 e. The van der Waals surface area contributed by atoms with E-state index in [2.05, 4.69) is 28.6 Å². The number of ether oxygens (including phenoxy) is 2. The number of carbonyl (C=O) groups excluding carboxylic acids is 1. The van der Waals surface area contributed by atoms with Gasteiger partial charge in [0.25, 0.3) is 0 Å². The molecule has 0 atom stereocenters. The summed E-state index contributed by atoms with van der Waals surface area (Å²) in [5.74, 6) is 2.00. The molecule has 2 aromatic rings. The van der Waals surface area contributed by atoms with Crippen molar-refractivity contribution in [2.24, 2.45) is 0 Å². The van der Waals surface area contributed by atoms with Crippen LogP contribution in [-0.4, -0.2) is 43.6 Å². The van der Waals surface area contributed by atoms with E-state index < -0.39 is 5.60 Å². The molecule has 1 aliphatic heterocycles. The highest BCUT2D eigenvalue weighted by molar-refractivity contribution is 6.30. The summed E-state index contributed by atoms with van der Waals surface area (Å²) in [4.78, 5) is 14.6. The van der Waals surface area contributed by atoms with E-state index in [9.17, 15) is 4.79 Å². The first-order chi connectivity index (χ1) is 15.1. The summed E-state index contributed by atoms with van der Waals surface area (Å²) in [5, 5.41) is 9.74. The zero-order valence-electron chi connectivity index (χ0n) is 19.6. The van der Waals surface area contributed by atoms with Gasteiger partial charge >= 0.3 is 6.09 Å². The molecule has 0 saturated heterocycles. The second-order valence-corrected chi connectivity index (χ2v) is 10.5. The van der Waals surface area contributed by atoms with Crippen molar-refractivity contribution in [1.82, 2.24) is 19.7 Å². The molecule has 174 valence electrons. The van der Waals surface area contributed by atoms with Crippen LogP contribution in [0.1, 0.15) is 83.4 Å². The topological polar surface area (TPSA) is 69.5 Å². The molecule has 4 rings (SSSR count). The fraction of sp³-hybridized carbons (Fsp3) is 0.625. The van der Waals surface area contributed by atoms with E-state index in [1.165, 1.54) is 0 Å². The maximum absolute atomic E-state index is 12.9. The molecule has 0 radical (unpaired) electrons. The monoisotopic (exact) mass is 460 g/mol. The summed E-state index contributed by atoms with van der Waals surface area (Å²) < 4.78 is 13.8. The molecule has 0 unspecified atom stereocenters. The van der Waals surface area contributed by atoms with Crippen LogP contribution in [0.3, 0.4) is 0 Å². The Morgan fingerprint density at radius 2 is 1.84 bits per heavy atom. The van der Waals surface area contributed by atoms with Crippen molar-refractivity contribution in [3.05, 3.63) is 40.4 Å². The molecule has 1 aromatic carbocycles. The van der Waals surface area contributed by atoms with Crippen molar-refractivity contribution in [3.8, 4) is 5.69 Å². The van der Waals surface area contributed by atoms with E-state index in [0.717, 1.165) is 48.6 Å². The Morgan fingerprint density at radius 3 is 2.50 bits per heavy atom. The molecule has 8 heteroatoms. The fourth-order valence-electron chi connectivity index (χ4n) is 4.59. The summed E-state index contributed by atoms with van der Waals surface area (Å²) in [6, 6.07) is 5.80. The lowest BCUT2D eigenvalue weighted by Gasteiger charge is -2.29. The number of fused-ring (bicyclic) bond motifs is 3. The van der Waals surface area contributed by atoms with Crippen LogP contribution in [0, 0.1) is 0 Å². The standard InChI is InChI=1S/C24H33ClN4O3/c1-15(2)31-19-9-6-16(7-10-19)22-27-26-21-14-28(23(30)32-24(3,4)5)13-17-12-18(25)8-11-20(17)29(21)22/h8,11-12,15-16,19H,6-7,9-10,13-14H2,1-5H3. The van der Waals surface area contributed by atoms with E-state index in [0.29, 0.717) is 30.1 Å². The molecule has 7 nitrogen and oxygen atoms in total. The lowest BCUT2D eigenvalue weighted by atomic mass is 9.86. The minimum absolute atomic E-state index is 0.247.